The molecule has 136 valence electrons. The summed E-state index contributed by atoms with van der Waals surface area (Å²) >= 11 is 0. The Bertz CT molecular complexity index is 898. The van der Waals surface area contributed by atoms with Crippen LogP contribution in [-0.4, -0.2) is 21.9 Å². The van der Waals surface area contributed by atoms with Crippen LogP contribution in [0.15, 0.2) is 42.6 Å². The molecule has 3 aromatic rings. The van der Waals surface area contributed by atoms with Crippen LogP contribution in [0.25, 0.3) is 5.65 Å². The van der Waals surface area contributed by atoms with Gasteiger partial charge in [0.15, 0.2) is 0 Å². The van der Waals surface area contributed by atoms with Gasteiger partial charge < -0.3 is 10.1 Å². The largest absolute Gasteiger partial charge is 0.494 e. The quantitative estimate of drug-likeness (QED) is 0.631. The summed E-state index contributed by atoms with van der Waals surface area (Å²) in [5, 5.41) is 2.97. The molecule has 2 heterocycles. The number of ether oxygens (including phenoxy) is 1. The van der Waals surface area contributed by atoms with Gasteiger partial charge in [-0.2, -0.15) is 0 Å². The number of carbonyl (C=O) groups is 1. The third kappa shape index (κ3) is 3.87. The maximum Gasteiger partial charge on any atom is 0.274 e. The first-order valence-corrected chi connectivity index (χ1v) is 9.14. The number of anilines is 1. The Hall–Kier alpha value is -2.82. The van der Waals surface area contributed by atoms with Crippen LogP contribution in [0.2, 0.25) is 0 Å². The van der Waals surface area contributed by atoms with Crippen LogP contribution in [0.5, 0.6) is 5.75 Å². The fourth-order valence-corrected chi connectivity index (χ4v) is 2.85. The predicted molar refractivity (Wildman–Crippen MR) is 104 cm³/mol. The molecule has 0 saturated heterocycles. The molecular weight excluding hydrogens is 326 g/mol. The van der Waals surface area contributed by atoms with E-state index in [2.05, 4.69) is 17.2 Å². The number of benzene rings is 1. The molecule has 0 aliphatic heterocycles. The van der Waals surface area contributed by atoms with Gasteiger partial charge in [-0.15, -0.1) is 0 Å². The molecule has 1 aromatic carbocycles. The number of nitrogens with zero attached hydrogens (tertiary/aromatic N) is 2. The van der Waals surface area contributed by atoms with E-state index in [4.69, 9.17) is 4.74 Å². The highest BCUT2D eigenvalue weighted by Gasteiger charge is 2.18. The van der Waals surface area contributed by atoms with E-state index in [1.54, 1.807) is 0 Å². The number of imidazole rings is 1. The van der Waals surface area contributed by atoms with Crippen molar-refractivity contribution >= 4 is 17.2 Å². The number of hydrogen-bond acceptors (Lipinski definition) is 3. The molecule has 1 amide bonds. The van der Waals surface area contributed by atoms with Gasteiger partial charge in [-0.05, 0) is 55.7 Å². The van der Waals surface area contributed by atoms with Gasteiger partial charge in [-0.25, -0.2) is 4.98 Å². The molecule has 0 atom stereocenters. The van der Waals surface area contributed by atoms with Gasteiger partial charge in [-0.1, -0.05) is 26.3 Å². The van der Waals surface area contributed by atoms with Crippen LogP contribution in [0.3, 0.4) is 0 Å². The van der Waals surface area contributed by atoms with Gasteiger partial charge in [0, 0.05) is 11.9 Å². The third-order valence-electron chi connectivity index (χ3n) is 4.27. The summed E-state index contributed by atoms with van der Waals surface area (Å²) in [6, 6.07) is 11.4. The zero-order valence-electron chi connectivity index (χ0n) is 15.6. The van der Waals surface area contributed by atoms with Crippen LogP contribution in [-0.2, 0) is 6.42 Å². The van der Waals surface area contributed by atoms with E-state index >= 15 is 0 Å². The van der Waals surface area contributed by atoms with Crippen molar-refractivity contribution in [2.24, 2.45) is 0 Å². The average molecular weight is 351 g/mol. The summed E-state index contributed by atoms with van der Waals surface area (Å²) in [6.45, 7) is 6.86. The fraction of sp³-hybridized carbons (Fsp3) is 0.333. The Balaban J connectivity index is 1.79. The molecule has 0 bridgehead atoms. The molecule has 0 saturated carbocycles. The number of aromatic nitrogens is 2. The number of hydrogen-bond donors (Lipinski definition) is 1. The number of aryl methyl sites for hydroxylation is 2. The summed E-state index contributed by atoms with van der Waals surface area (Å²) in [6.07, 6.45) is 4.79. The van der Waals surface area contributed by atoms with Crippen molar-refractivity contribution in [2.75, 3.05) is 11.9 Å². The number of fused-ring (bicyclic) bond motifs is 1. The number of pyridine rings is 1. The lowest BCUT2D eigenvalue weighted by Crippen LogP contribution is -2.16. The first kappa shape index (κ1) is 18.0. The monoisotopic (exact) mass is 351 g/mol. The van der Waals surface area contributed by atoms with Gasteiger partial charge in [0.25, 0.3) is 5.91 Å². The Morgan fingerprint density at radius 3 is 2.62 bits per heavy atom. The second kappa shape index (κ2) is 8.04. The normalized spacial score (nSPS) is 10.9. The van der Waals surface area contributed by atoms with Gasteiger partial charge in [-0.3, -0.25) is 9.20 Å². The van der Waals surface area contributed by atoms with Crippen molar-refractivity contribution < 1.29 is 9.53 Å². The number of carbonyl (C=O) groups excluding carboxylic acids is 1. The van der Waals surface area contributed by atoms with Gasteiger partial charge in [0.2, 0.25) is 0 Å². The Morgan fingerprint density at radius 2 is 1.92 bits per heavy atom. The minimum absolute atomic E-state index is 0.153. The molecule has 0 unspecified atom stereocenters. The summed E-state index contributed by atoms with van der Waals surface area (Å²) in [4.78, 5) is 17.4. The Kier molecular flexibility index (Phi) is 5.56. The standard InChI is InChI=1S/C21H25N3O2/c1-4-6-13-26-17-10-8-16(9-11-17)22-21(25)20-18(5-2)23-19-12-7-15(3)14-24(19)20/h7-12,14H,4-6,13H2,1-3H3,(H,22,25). The molecule has 0 radical (unpaired) electrons. The van der Waals surface area contributed by atoms with E-state index in [0.717, 1.165) is 41.2 Å². The van der Waals surface area contributed by atoms with Crippen molar-refractivity contribution in [2.45, 2.75) is 40.0 Å². The topological polar surface area (TPSA) is 55.6 Å². The minimum Gasteiger partial charge on any atom is -0.494 e. The van der Waals surface area contributed by atoms with E-state index in [1.807, 2.05) is 60.8 Å². The second-order valence-corrected chi connectivity index (χ2v) is 6.38. The smallest absolute Gasteiger partial charge is 0.274 e. The van der Waals surface area contributed by atoms with E-state index in [-0.39, 0.29) is 5.91 Å². The molecule has 1 N–H and O–H groups in total. The summed E-state index contributed by atoms with van der Waals surface area (Å²) in [5.41, 5.74) is 4.00. The maximum absolute atomic E-state index is 12.9. The van der Waals surface area contributed by atoms with E-state index < -0.39 is 0 Å². The zero-order chi connectivity index (χ0) is 18.5. The first-order chi connectivity index (χ1) is 12.6. The molecule has 5 heteroatoms. The summed E-state index contributed by atoms with van der Waals surface area (Å²) < 4.78 is 7.53. The van der Waals surface area contributed by atoms with Crippen molar-refractivity contribution in [3.63, 3.8) is 0 Å². The molecule has 3 rings (SSSR count). The molecule has 0 aliphatic rings. The van der Waals surface area contributed by atoms with Crippen molar-refractivity contribution in [3.05, 3.63) is 59.5 Å². The van der Waals surface area contributed by atoms with Crippen LogP contribution in [0.1, 0.15) is 48.4 Å². The molecule has 26 heavy (non-hydrogen) atoms. The van der Waals surface area contributed by atoms with E-state index in [9.17, 15) is 4.79 Å². The van der Waals surface area contributed by atoms with Crippen molar-refractivity contribution in [1.82, 2.24) is 9.38 Å². The Morgan fingerprint density at radius 1 is 1.15 bits per heavy atom. The highest BCUT2D eigenvalue weighted by Crippen LogP contribution is 2.19. The van der Waals surface area contributed by atoms with Crippen molar-refractivity contribution in [3.8, 4) is 5.75 Å². The lowest BCUT2D eigenvalue weighted by atomic mass is 10.2. The van der Waals surface area contributed by atoms with Crippen LogP contribution in [0.4, 0.5) is 5.69 Å². The number of unbranched alkanes of at least 4 members (excludes halogenated alkanes) is 1. The average Bonchev–Trinajstić information content (AvgIpc) is 3.01. The van der Waals surface area contributed by atoms with Crippen LogP contribution >= 0.6 is 0 Å². The van der Waals surface area contributed by atoms with Crippen LogP contribution in [0, 0.1) is 6.92 Å². The molecule has 0 aliphatic carbocycles. The first-order valence-electron chi connectivity index (χ1n) is 9.14. The molecule has 5 nitrogen and oxygen atoms in total. The lowest BCUT2D eigenvalue weighted by Gasteiger charge is -2.09. The van der Waals surface area contributed by atoms with Crippen molar-refractivity contribution in [1.29, 1.82) is 0 Å². The molecular formula is C21H25N3O2. The van der Waals surface area contributed by atoms with Gasteiger partial charge >= 0.3 is 0 Å². The lowest BCUT2D eigenvalue weighted by molar-refractivity contribution is 0.102. The van der Waals surface area contributed by atoms with E-state index in [0.29, 0.717) is 18.7 Å². The van der Waals surface area contributed by atoms with E-state index in [1.165, 1.54) is 0 Å². The molecule has 2 aromatic heterocycles. The highest BCUT2D eigenvalue weighted by molar-refractivity contribution is 6.04. The fourth-order valence-electron chi connectivity index (χ4n) is 2.85. The molecule has 0 spiro atoms. The second-order valence-electron chi connectivity index (χ2n) is 6.38. The zero-order valence-corrected chi connectivity index (χ0v) is 15.6. The predicted octanol–water partition coefficient (Wildman–Crippen LogP) is 4.64. The number of amides is 1. The minimum atomic E-state index is -0.153. The van der Waals surface area contributed by atoms with Gasteiger partial charge in [0.1, 0.15) is 17.1 Å². The Labute approximate surface area is 154 Å². The highest BCUT2D eigenvalue weighted by atomic mass is 16.5. The SMILES string of the molecule is CCCCOc1ccc(NC(=O)c2c(CC)nc3ccc(C)cn23)cc1. The third-order valence-corrected chi connectivity index (χ3v) is 4.27. The molecule has 0 fully saturated rings. The van der Waals surface area contributed by atoms with Gasteiger partial charge in [0.05, 0.1) is 12.3 Å². The summed E-state index contributed by atoms with van der Waals surface area (Å²) in [7, 11) is 0. The summed E-state index contributed by atoms with van der Waals surface area (Å²) in [5.74, 6) is 0.663. The maximum atomic E-state index is 12.9. The number of nitrogens with one attached hydrogen (secondary N) is 1. The van der Waals surface area contributed by atoms with Crippen LogP contribution < -0.4 is 10.1 Å². The number of rotatable bonds is 7.